The Labute approximate surface area is 97.6 Å². The van der Waals surface area contributed by atoms with Gasteiger partial charge in [0.25, 0.3) is 0 Å². The molecule has 1 aromatic heterocycles. The molecule has 88 valence electrons. The van der Waals surface area contributed by atoms with Gasteiger partial charge < -0.3 is 9.88 Å². The number of nitrogens with zero attached hydrogens (tertiary/aromatic N) is 2. The molecule has 2 aliphatic rings. The average molecular weight is 219 g/mol. The van der Waals surface area contributed by atoms with E-state index in [1.807, 2.05) is 12.4 Å². The van der Waals surface area contributed by atoms with E-state index < -0.39 is 0 Å². The molecule has 0 aliphatic carbocycles. The molecule has 1 saturated heterocycles. The van der Waals surface area contributed by atoms with E-state index in [1.165, 1.54) is 32.4 Å². The first-order valence-electron chi connectivity index (χ1n) is 6.30. The fraction of sp³-hybridized carbons (Fsp3) is 0.615. The molecule has 0 radical (unpaired) electrons. The summed E-state index contributed by atoms with van der Waals surface area (Å²) in [5, 5.41) is 3.22. The SMILES string of the molecule is C1CCNC1.CCC1C=Cc2nccn2C1. The standard InChI is InChI=1S/C9H12N2.C4H9N/c1-2-8-3-4-9-10-5-6-11(9)7-8;1-2-4-5-3-1/h3-6,8H,2,7H2,1H3;5H,1-4H2. The van der Waals surface area contributed by atoms with Crippen LogP contribution in [0.2, 0.25) is 0 Å². The van der Waals surface area contributed by atoms with Crippen molar-refractivity contribution in [1.29, 1.82) is 0 Å². The van der Waals surface area contributed by atoms with Crippen LogP contribution in [-0.2, 0) is 6.54 Å². The second-order valence-corrected chi connectivity index (χ2v) is 4.42. The molecule has 1 aromatic rings. The van der Waals surface area contributed by atoms with Gasteiger partial charge in [0.15, 0.2) is 0 Å². The van der Waals surface area contributed by atoms with Crippen LogP contribution in [-0.4, -0.2) is 22.6 Å². The number of fused-ring (bicyclic) bond motifs is 1. The number of imidazole rings is 1. The molecule has 0 bridgehead atoms. The Kier molecular flexibility index (Phi) is 4.17. The summed E-state index contributed by atoms with van der Waals surface area (Å²) < 4.78 is 2.20. The maximum atomic E-state index is 4.20. The minimum Gasteiger partial charge on any atom is -0.331 e. The topological polar surface area (TPSA) is 29.9 Å². The second kappa shape index (κ2) is 5.85. The highest BCUT2D eigenvalue weighted by molar-refractivity contribution is 5.42. The van der Waals surface area contributed by atoms with Crippen molar-refractivity contribution < 1.29 is 0 Å². The zero-order chi connectivity index (χ0) is 11.2. The third-order valence-electron chi connectivity index (χ3n) is 3.18. The zero-order valence-corrected chi connectivity index (χ0v) is 10.0. The highest BCUT2D eigenvalue weighted by Crippen LogP contribution is 2.17. The van der Waals surface area contributed by atoms with E-state index in [1.54, 1.807) is 0 Å². The van der Waals surface area contributed by atoms with Crippen LogP contribution < -0.4 is 5.32 Å². The van der Waals surface area contributed by atoms with E-state index in [0.717, 1.165) is 12.4 Å². The quantitative estimate of drug-likeness (QED) is 0.785. The predicted octanol–water partition coefficient (Wildman–Crippen LogP) is 2.31. The molecule has 1 fully saturated rings. The number of nitrogens with one attached hydrogen (secondary N) is 1. The van der Waals surface area contributed by atoms with Crippen molar-refractivity contribution in [1.82, 2.24) is 14.9 Å². The summed E-state index contributed by atoms with van der Waals surface area (Å²) in [7, 11) is 0. The zero-order valence-electron chi connectivity index (χ0n) is 10.0. The fourth-order valence-corrected chi connectivity index (χ4v) is 2.06. The first-order valence-corrected chi connectivity index (χ1v) is 6.30. The van der Waals surface area contributed by atoms with Crippen molar-refractivity contribution in [3.05, 3.63) is 24.3 Å². The van der Waals surface area contributed by atoms with Gasteiger partial charge in [-0.2, -0.15) is 0 Å². The lowest BCUT2D eigenvalue weighted by Crippen LogP contribution is -2.12. The van der Waals surface area contributed by atoms with Crippen LogP contribution in [0.5, 0.6) is 0 Å². The molecule has 0 saturated carbocycles. The summed E-state index contributed by atoms with van der Waals surface area (Å²) in [6, 6.07) is 0. The highest BCUT2D eigenvalue weighted by atomic mass is 15.1. The average Bonchev–Trinajstić information content (AvgIpc) is 3.02. The summed E-state index contributed by atoms with van der Waals surface area (Å²) in [5.74, 6) is 1.80. The summed E-state index contributed by atoms with van der Waals surface area (Å²) in [5.41, 5.74) is 0. The number of aromatic nitrogens is 2. The van der Waals surface area contributed by atoms with E-state index in [9.17, 15) is 0 Å². The van der Waals surface area contributed by atoms with Crippen LogP contribution in [0.1, 0.15) is 32.0 Å². The number of allylic oxidation sites excluding steroid dienone is 1. The molecule has 0 aromatic carbocycles. The molecule has 3 nitrogen and oxygen atoms in total. The predicted molar refractivity (Wildman–Crippen MR) is 67.1 cm³/mol. The fourth-order valence-electron chi connectivity index (χ4n) is 2.06. The van der Waals surface area contributed by atoms with Crippen molar-refractivity contribution in [3.63, 3.8) is 0 Å². The molecule has 0 spiro atoms. The van der Waals surface area contributed by atoms with Gasteiger partial charge in [0, 0.05) is 18.9 Å². The Balaban J connectivity index is 0.000000162. The molecule has 1 N–H and O–H groups in total. The summed E-state index contributed by atoms with van der Waals surface area (Å²) >= 11 is 0. The summed E-state index contributed by atoms with van der Waals surface area (Å²) in [6.07, 6.45) is 12.3. The van der Waals surface area contributed by atoms with Gasteiger partial charge in [-0.25, -0.2) is 4.98 Å². The lowest BCUT2D eigenvalue weighted by Gasteiger charge is -2.16. The normalized spacial score (nSPS) is 22.4. The van der Waals surface area contributed by atoms with E-state index in [0.29, 0.717) is 5.92 Å². The van der Waals surface area contributed by atoms with Gasteiger partial charge in [-0.05, 0) is 44.3 Å². The van der Waals surface area contributed by atoms with Crippen molar-refractivity contribution in [2.75, 3.05) is 13.1 Å². The van der Waals surface area contributed by atoms with Crippen LogP contribution in [0.15, 0.2) is 18.5 Å². The van der Waals surface area contributed by atoms with E-state index in [-0.39, 0.29) is 0 Å². The Hall–Kier alpha value is -1.09. The van der Waals surface area contributed by atoms with Gasteiger partial charge >= 0.3 is 0 Å². The monoisotopic (exact) mass is 219 g/mol. The van der Waals surface area contributed by atoms with E-state index in [4.69, 9.17) is 0 Å². The van der Waals surface area contributed by atoms with Gasteiger partial charge in [0.2, 0.25) is 0 Å². The van der Waals surface area contributed by atoms with Crippen LogP contribution in [0.25, 0.3) is 6.08 Å². The lowest BCUT2D eigenvalue weighted by molar-refractivity contribution is 0.504. The minimum atomic E-state index is 0.705. The summed E-state index contributed by atoms with van der Waals surface area (Å²) in [4.78, 5) is 4.20. The molecule has 0 amide bonds. The number of hydrogen-bond acceptors (Lipinski definition) is 2. The molecular weight excluding hydrogens is 198 g/mol. The minimum absolute atomic E-state index is 0.705. The third kappa shape index (κ3) is 2.95. The second-order valence-electron chi connectivity index (χ2n) is 4.42. The molecule has 3 heterocycles. The molecule has 2 aliphatic heterocycles. The number of hydrogen-bond donors (Lipinski definition) is 1. The Morgan fingerprint density at radius 3 is 2.88 bits per heavy atom. The van der Waals surface area contributed by atoms with Crippen LogP contribution >= 0.6 is 0 Å². The first-order chi connectivity index (χ1) is 7.90. The van der Waals surface area contributed by atoms with Gasteiger partial charge in [-0.1, -0.05) is 13.0 Å². The summed E-state index contributed by atoms with van der Waals surface area (Å²) in [6.45, 7) is 5.82. The Morgan fingerprint density at radius 1 is 1.44 bits per heavy atom. The van der Waals surface area contributed by atoms with Crippen molar-refractivity contribution in [2.45, 2.75) is 32.7 Å². The molecule has 16 heavy (non-hydrogen) atoms. The molecule has 1 atom stereocenters. The van der Waals surface area contributed by atoms with Gasteiger partial charge in [-0.15, -0.1) is 0 Å². The van der Waals surface area contributed by atoms with Crippen LogP contribution in [0.4, 0.5) is 0 Å². The smallest absolute Gasteiger partial charge is 0.132 e. The van der Waals surface area contributed by atoms with Gasteiger partial charge in [0.1, 0.15) is 5.82 Å². The van der Waals surface area contributed by atoms with E-state index in [2.05, 4.69) is 33.9 Å². The van der Waals surface area contributed by atoms with Crippen LogP contribution in [0.3, 0.4) is 0 Å². The maximum Gasteiger partial charge on any atom is 0.132 e. The Bertz CT molecular complexity index is 329. The van der Waals surface area contributed by atoms with Gasteiger partial charge in [-0.3, -0.25) is 0 Å². The molecule has 3 rings (SSSR count). The molecule has 3 heteroatoms. The largest absolute Gasteiger partial charge is 0.331 e. The first kappa shape index (κ1) is 11.4. The van der Waals surface area contributed by atoms with E-state index >= 15 is 0 Å². The van der Waals surface area contributed by atoms with Crippen molar-refractivity contribution >= 4 is 6.08 Å². The lowest BCUT2D eigenvalue weighted by atomic mass is 10.0. The van der Waals surface area contributed by atoms with Crippen LogP contribution in [0, 0.1) is 5.92 Å². The maximum absolute atomic E-state index is 4.20. The van der Waals surface area contributed by atoms with Gasteiger partial charge in [0.05, 0.1) is 0 Å². The van der Waals surface area contributed by atoms with Crippen molar-refractivity contribution in [3.8, 4) is 0 Å². The number of rotatable bonds is 1. The third-order valence-corrected chi connectivity index (χ3v) is 3.18. The molecule has 1 unspecified atom stereocenters. The Morgan fingerprint density at radius 2 is 2.25 bits per heavy atom. The van der Waals surface area contributed by atoms with Crippen molar-refractivity contribution in [2.24, 2.45) is 5.92 Å². The highest BCUT2D eigenvalue weighted by Gasteiger charge is 2.10. The molecular formula is C13H21N3.